The van der Waals surface area contributed by atoms with Crippen LogP contribution in [0.1, 0.15) is 25.0 Å². The molecule has 0 spiro atoms. The van der Waals surface area contributed by atoms with Crippen molar-refractivity contribution in [2.45, 2.75) is 25.3 Å². The Morgan fingerprint density at radius 2 is 2.21 bits per heavy atom. The van der Waals surface area contributed by atoms with Crippen molar-refractivity contribution in [2.24, 2.45) is 0 Å². The maximum atomic E-state index is 6.19. The van der Waals surface area contributed by atoms with Crippen LogP contribution in [0.5, 0.6) is 0 Å². The molecule has 0 aliphatic heterocycles. The maximum absolute atomic E-state index is 6.19. The molecule has 0 amide bonds. The molecule has 1 heterocycles. The number of aromatic nitrogens is 2. The first-order valence-corrected chi connectivity index (χ1v) is 7.03. The van der Waals surface area contributed by atoms with Gasteiger partial charge in [0.15, 0.2) is 0 Å². The molecule has 0 fully saturated rings. The van der Waals surface area contributed by atoms with Crippen LogP contribution in [0.2, 0.25) is 5.02 Å². The van der Waals surface area contributed by atoms with E-state index >= 15 is 0 Å². The third-order valence-electron chi connectivity index (χ3n) is 3.93. The molecule has 3 nitrogen and oxygen atoms in total. The average molecular weight is 276 g/mol. The third-order valence-corrected chi connectivity index (χ3v) is 4.24. The standard InChI is InChI=1S/C15H18ClN3/c1-19(2)11-6-3-5-10(9-11)14-12-7-4-8-13(16)15(12)18-17-14/h4-5,7-8,11H,3,6,9H2,1-2H3,(H,17,18). The predicted molar refractivity (Wildman–Crippen MR) is 80.4 cm³/mol. The Kier molecular flexibility index (Phi) is 3.33. The van der Waals surface area contributed by atoms with Gasteiger partial charge in [0, 0.05) is 11.4 Å². The Bertz CT molecular complexity index is 627. The van der Waals surface area contributed by atoms with Gasteiger partial charge < -0.3 is 4.90 Å². The number of para-hydroxylation sites is 1. The summed E-state index contributed by atoms with van der Waals surface area (Å²) in [6.07, 6.45) is 5.71. The number of halogens is 1. The summed E-state index contributed by atoms with van der Waals surface area (Å²) in [7, 11) is 4.29. The molecule has 1 unspecified atom stereocenters. The number of fused-ring (bicyclic) bond motifs is 1. The van der Waals surface area contributed by atoms with Crippen molar-refractivity contribution in [3.8, 4) is 0 Å². The summed E-state index contributed by atoms with van der Waals surface area (Å²) in [4.78, 5) is 2.30. The quantitative estimate of drug-likeness (QED) is 0.906. The molecule has 0 bridgehead atoms. The van der Waals surface area contributed by atoms with E-state index in [0.29, 0.717) is 6.04 Å². The summed E-state index contributed by atoms with van der Waals surface area (Å²) in [6, 6.07) is 6.56. The molecule has 1 N–H and O–H groups in total. The number of hydrogen-bond donors (Lipinski definition) is 1. The van der Waals surface area contributed by atoms with Crippen LogP contribution in [0.4, 0.5) is 0 Å². The van der Waals surface area contributed by atoms with Gasteiger partial charge in [0.05, 0.1) is 16.2 Å². The number of nitrogens with one attached hydrogen (secondary N) is 1. The smallest absolute Gasteiger partial charge is 0.0957 e. The van der Waals surface area contributed by atoms with E-state index in [1.807, 2.05) is 12.1 Å². The van der Waals surface area contributed by atoms with Gasteiger partial charge in [0.25, 0.3) is 0 Å². The van der Waals surface area contributed by atoms with Crippen molar-refractivity contribution < 1.29 is 0 Å². The van der Waals surface area contributed by atoms with E-state index in [2.05, 4.69) is 41.3 Å². The van der Waals surface area contributed by atoms with Crippen LogP contribution < -0.4 is 0 Å². The first kappa shape index (κ1) is 12.7. The maximum Gasteiger partial charge on any atom is 0.0957 e. The van der Waals surface area contributed by atoms with E-state index in [1.165, 1.54) is 12.0 Å². The minimum atomic E-state index is 0.603. The molecule has 100 valence electrons. The number of hydrogen-bond acceptors (Lipinski definition) is 2. The van der Waals surface area contributed by atoms with Gasteiger partial charge in [-0.2, -0.15) is 5.10 Å². The van der Waals surface area contributed by atoms with Gasteiger partial charge in [-0.15, -0.1) is 0 Å². The number of allylic oxidation sites excluding steroid dienone is 1. The molecular formula is C15H18ClN3. The highest BCUT2D eigenvalue weighted by Gasteiger charge is 2.21. The van der Waals surface area contributed by atoms with E-state index in [1.54, 1.807) is 0 Å². The molecule has 1 aliphatic carbocycles. The second-order valence-electron chi connectivity index (χ2n) is 5.36. The number of aromatic amines is 1. The second-order valence-corrected chi connectivity index (χ2v) is 5.77. The molecule has 1 aromatic carbocycles. The highest BCUT2D eigenvalue weighted by molar-refractivity contribution is 6.35. The van der Waals surface area contributed by atoms with Crippen molar-refractivity contribution in [2.75, 3.05) is 14.1 Å². The van der Waals surface area contributed by atoms with Gasteiger partial charge in [0.1, 0.15) is 0 Å². The third kappa shape index (κ3) is 2.28. The molecule has 4 heteroatoms. The lowest BCUT2D eigenvalue weighted by atomic mass is 9.91. The van der Waals surface area contributed by atoms with Crippen molar-refractivity contribution in [1.29, 1.82) is 0 Å². The predicted octanol–water partition coefficient (Wildman–Crippen LogP) is 3.71. The van der Waals surface area contributed by atoms with Gasteiger partial charge in [-0.1, -0.05) is 29.8 Å². The average Bonchev–Trinajstić information content (AvgIpc) is 2.84. The molecule has 1 atom stereocenters. The highest BCUT2D eigenvalue weighted by Crippen LogP contribution is 2.33. The van der Waals surface area contributed by atoms with Crippen LogP contribution in [0, 0.1) is 0 Å². The molecule has 3 rings (SSSR count). The molecule has 1 aromatic heterocycles. The second kappa shape index (κ2) is 4.99. The fourth-order valence-electron chi connectivity index (χ4n) is 2.78. The van der Waals surface area contributed by atoms with Gasteiger partial charge in [-0.05, 0) is 45.0 Å². The largest absolute Gasteiger partial charge is 0.306 e. The normalized spacial score (nSPS) is 20.0. The Labute approximate surface area is 118 Å². The van der Waals surface area contributed by atoms with E-state index in [4.69, 9.17) is 11.6 Å². The van der Waals surface area contributed by atoms with E-state index in [9.17, 15) is 0 Å². The zero-order chi connectivity index (χ0) is 13.4. The van der Waals surface area contributed by atoms with Crippen LogP contribution in [-0.2, 0) is 0 Å². The number of nitrogens with zero attached hydrogens (tertiary/aromatic N) is 2. The Hall–Kier alpha value is -1.32. The van der Waals surface area contributed by atoms with Crippen LogP contribution in [-0.4, -0.2) is 35.2 Å². The molecule has 2 aromatic rings. The topological polar surface area (TPSA) is 31.9 Å². The summed E-state index contributed by atoms with van der Waals surface area (Å²) in [5.74, 6) is 0. The number of benzene rings is 1. The van der Waals surface area contributed by atoms with Gasteiger partial charge >= 0.3 is 0 Å². The van der Waals surface area contributed by atoms with Crippen LogP contribution in [0.25, 0.3) is 16.5 Å². The van der Waals surface area contributed by atoms with Crippen molar-refractivity contribution in [3.05, 3.63) is 35.0 Å². The summed E-state index contributed by atoms with van der Waals surface area (Å²) in [5.41, 5.74) is 3.33. The van der Waals surface area contributed by atoms with Crippen LogP contribution in [0.15, 0.2) is 24.3 Å². The molecule has 0 radical (unpaired) electrons. The molecule has 0 saturated heterocycles. The van der Waals surface area contributed by atoms with Crippen LogP contribution in [0.3, 0.4) is 0 Å². The van der Waals surface area contributed by atoms with E-state index < -0.39 is 0 Å². The monoisotopic (exact) mass is 275 g/mol. The van der Waals surface area contributed by atoms with Crippen molar-refractivity contribution in [3.63, 3.8) is 0 Å². The molecule has 0 saturated carbocycles. The Morgan fingerprint density at radius 1 is 1.37 bits per heavy atom. The van der Waals surface area contributed by atoms with Crippen molar-refractivity contribution >= 4 is 28.1 Å². The van der Waals surface area contributed by atoms with E-state index in [0.717, 1.165) is 34.5 Å². The minimum Gasteiger partial charge on any atom is -0.306 e. The zero-order valence-electron chi connectivity index (χ0n) is 11.3. The number of rotatable bonds is 2. The Morgan fingerprint density at radius 3 is 3.00 bits per heavy atom. The van der Waals surface area contributed by atoms with Gasteiger partial charge in [-0.25, -0.2) is 0 Å². The first-order valence-electron chi connectivity index (χ1n) is 6.65. The summed E-state index contributed by atoms with van der Waals surface area (Å²) in [5, 5.41) is 9.40. The van der Waals surface area contributed by atoms with Crippen LogP contribution >= 0.6 is 11.6 Å². The molecule has 1 aliphatic rings. The Balaban J connectivity index is 2.01. The minimum absolute atomic E-state index is 0.603. The summed E-state index contributed by atoms with van der Waals surface area (Å²) < 4.78 is 0. The molecule has 19 heavy (non-hydrogen) atoms. The summed E-state index contributed by atoms with van der Waals surface area (Å²) >= 11 is 6.19. The first-order chi connectivity index (χ1) is 9.16. The lowest BCUT2D eigenvalue weighted by Gasteiger charge is -2.28. The molecular weight excluding hydrogens is 258 g/mol. The lowest BCUT2D eigenvalue weighted by molar-refractivity contribution is 0.279. The summed E-state index contributed by atoms with van der Waals surface area (Å²) in [6.45, 7) is 0. The fourth-order valence-corrected chi connectivity index (χ4v) is 2.99. The fraction of sp³-hybridized carbons (Fsp3) is 0.400. The van der Waals surface area contributed by atoms with Gasteiger partial charge in [-0.3, -0.25) is 5.10 Å². The van der Waals surface area contributed by atoms with E-state index in [-0.39, 0.29) is 0 Å². The zero-order valence-corrected chi connectivity index (χ0v) is 12.0. The number of H-pyrrole nitrogens is 1. The van der Waals surface area contributed by atoms with Gasteiger partial charge in [0.2, 0.25) is 0 Å². The SMILES string of the molecule is CN(C)C1CCC=C(c2n[nH]c3c(Cl)cccc23)C1. The van der Waals surface area contributed by atoms with Crippen molar-refractivity contribution in [1.82, 2.24) is 15.1 Å². The highest BCUT2D eigenvalue weighted by atomic mass is 35.5. The lowest BCUT2D eigenvalue weighted by Crippen LogP contribution is -2.29.